The van der Waals surface area contributed by atoms with E-state index >= 15 is 0 Å². The Kier molecular flexibility index (Phi) is 9.99. The van der Waals surface area contributed by atoms with E-state index in [0.29, 0.717) is 29.4 Å². The molecule has 0 fully saturated rings. The highest BCUT2D eigenvalue weighted by Gasteiger charge is 2.14. The molecule has 0 unspecified atom stereocenters. The first kappa shape index (κ1) is 26.6. The van der Waals surface area contributed by atoms with Crippen molar-refractivity contribution in [2.75, 3.05) is 32.1 Å². The van der Waals surface area contributed by atoms with E-state index in [9.17, 15) is 9.18 Å². The number of hydrogen-bond acceptors (Lipinski definition) is 6. The summed E-state index contributed by atoms with van der Waals surface area (Å²) in [5.41, 5.74) is 2.01. The lowest BCUT2D eigenvalue weighted by atomic mass is 10.0. The number of anilines is 2. The zero-order chi connectivity index (χ0) is 25.2. The third-order valence-electron chi connectivity index (χ3n) is 5.53. The van der Waals surface area contributed by atoms with E-state index in [1.165, 1.54) is 31.3 Å². The lowest BCUT2D eigenvalue weighted by molar-refractivity contribution is -0.114. The van der Waals surface area contributed by atoms with E-state index in [2.05, 4.69) is 34.2 Å². The highest BCUT2D eigenvalue weighted by Crippen LogP contribution is 2.31. The predicted octanol–water partition coefficient (Wildman–Crippen LogP) is 6.35. The molecular weight excluding hydrogens is 467 g/mol. The van der Waals surface area contributed by atoms with Gasteiger partial charge in [0, 0.05) is 35.7 Å². The Morgan fingerprint density at radius 2 is 2.03 bits per heavy atom. The summed E-state index contributed by atoms with van der Waals surface area (Å²) in [5, 5.41) is 3.90. The molecule has 0 spiro atoms. The number of halogens is 2. The lowest BCUT2D eigenvalue weighted by Crippen LogP contribution is -2.19. The molecular formula is C27H32ClFN4O2. The molecule has 0 aliphatic carbocycles. The molecule has 0 saturated heterocycles. The fourth-order valence-corrected chi connectivity index (χ4v) is 3.88. The maximum Gasteiger partial charge on any atom is 0.159 e. The van der Waals surface area contributed by atoms with Gasteiger partial charge in [-0.1, -0.05) is 37.4 Å². The van der Waals surface area contributed by atoms with Crippen LogP contribution in [0.4, 0.5) is 15.9 Å². The molecule has 35 heavy (non-hydrogen) atoms. The van der Waals surface area contributed by atoms with Crippen molar-refractivity contribution in [3.8, 4) is 5.75 Å². The molecule has 6 nitrogen and oxygen atoms in total. The van der Waals surface area contributed by atoms with E-state index in [-0.39, 0.29) is 17.2 Å². The quantitative estimate of drug-likeness (QED) is 0.218. The Balaban J connectivity index is 1.80. The second kappa shape index (κ2) is 13.2. The first-order chi connectivity index (χ1) is 16.9. The fourth-order valence-electron chi connectivity index (χ4n) is 3.70. The van der Waals surface area contributed by atoms with Gasteiger partial charge in [0.05, 0.1) is 17.1 Å². The number of aromatic nitrogens is 2. The van der Waals surface area contributed by atoms with Crippen molar-refractivity contribution in [1.29, 1.82) is 0 Å². The second-order valence-electron chi connectivity index (χ2n) is 8.40. The lowest BCUT2D eigenvalue weighted by Gasteiger charge is -2.14. The van der Waals surface area contributed by atoms with Gasteiger partial charge in [-0.2, -0.15) is 0 Å². The third kappa shape index (κ3) is 7.73. The monoisotopic (exact) mass is 498 g/mol. The summed E-state index contributed by atoms with van der Waals surface area (Å²) >= 11 is 5.92. The Hall–Kier alpha value is -3.03. The average Bonchev–Trinajstić information content (AvgIpc) is 2.82. The number of nitrogens with one attached hydrogen (secondary N) is 1. The highest BCUT2D eigenvalue weighted by molar-refractivity contribution is 6.31. The zero-order valence-corrected chi connectivity index (χ0v) is 21.2. The van der Waals surface area contributed by atoms with Crippen LogP contribution in [0.15, 0.2) is 48.8 Å². The van der Waals surface area contributed by atoms with Crippen molar-refractivity contribution in [1.82, 2.24) is 14.9 Å². The van der Waals surface area contributed by atoms with Crippen LogP contribution >= 0.6 is 11.6 Å². The Morgan fingerprint density at radius 1 is 1.20 bits per heavy atom. The molecule has 1 N–H and O–H groups in total. The van der Waals surface area contributed by atoms with E-state index in [0.717, 1.165) is 30.5 Å². The Labute approximate surface area is 211 Å². The summed E-state index contributed by atoms with van der Waals surface area (Å²) in [7, 11) is 2.06. The molecule has 0 bridgehead atoms. The highest BCUT2D eigenvalue weighted by atomic mass is 35.5. The number of nitrogens with zero attached hydrogens (tertiary/aromatic N) is 3. The van der Waals surface area contributed by atoms with Crippen molar-refractivity contribution in [2.24, 2.45) is 0 Å². The van der Waals surface area contributed by atoms with Crippen LogP contribution in [-0.4, -0.2) is 47.4 Å². The van der Waals surface area contributed by atoms with Gasteiger partial charge in [0.2, 0.25) is 0 Å². The maximum atomic E-state index is 13.5. The second-order valence-corrected chi connectivity index (χ2v) is 8.81. The van der Waals surface area contributed by atoms with Gasteiger partial charge in [-0.25, -0.2) is 14.4 Å². The standard InChI is InChI=1S/C27H32ClFN4O2/c1-4-6-7-12-33(3)13-8-9-21(34)14-19-15-22-25(17-26(19)35-5-2)30-18-31-27(22)32-20-10-11-24(29)23(28)16-20/h8-11,15-18H,4-7,12-14H2,1-3H3,(H,30,31,32)/b9-8+. The van der Waals surface area contributed by atoms with Crippen LogP contribution in [0.2, 0.25) is 5.02 Å². The van der Waals surface area contributed by atoms with Crippen molar-refractivity contribution >= 4 is 39.8 Å². The molecule has 3 rings (SSSR count). The number of carbonyl (C=O) groups excluding carboxylic acids is 1. The molecule has 0 atom stereocenters. The van der Waals surface area contributed by atoms with Gasteiger partial charge in [-0.3, -0.25) is 4.79 Å². The van der Waals surface area contributed by atoms with Gasteiger partial charge >= 0.3 is 0 Å². The summed E-state index contributed by atoms with van der Waals surface area (Å²) < 4.78 is 19.4. The number of benzene rings is 2. The van der Waals surface area contributed by atoms with Crippen LogP contribution in [-0.2, 0) is 11.2 Å². The van der Waals surface area contributed by atoms with Crippen molar-refractivity contribution in [2.45, 2.75) is 39.5 Å². The minimum absolute atomic E-state index is 0.0102. The smallest absolute Gasteiger partial charge is 0.159 e. The molecule has 3 aromatic rings. The number of likely N-dealkylation sites (N-methyl/N-ethyl adjacent to an activating group) is 1. The maximum absolute atomic E-state index is 13.5. The molecule has 0 aliphatic heterocycles. The Bertz CT molecular complexity index is 1190. The van der Waals surface area contributed by atoms with Gasteiger partial charge < -0.3 is 15.0 Å². The van der Waals surface area contributed by atoms with Crippen LogP contribution in [0.25, 0.3) is 10.9 Å². The van der Waals surface area contributed by atoms with Gasteiger partial charge in [-0.15, -0.1) is 0 Å². The number of hydrogen-bond donors (Lipinski definition) is 1. The number of allylic oxidation sites excluding steroid dienone is 1. The Morgan fingerprint density at radius 3 is 2.77 bits per heavy atom. The molecule has 8 heteroatoms. The number of unbranched alkanes of at least 4 members (excludes halogenated alkanes) is 2. The van der Waals surface area contributed by atoms with Crippen molar-refractivity contribution in [3.63, 3.8) is 0 Å². The molecule has 0 saturated carbocycles. The van der Waals surface area contributed by atoms with Crippen LogP contribution in [0, 0.1) is 5.82 Å². The average molecular weight is 499 g/mol. The summed E-state index contributed by atoms with van der Waals surface area (Å²) in [6.07, 6.45) is 8.74. The first-order valence-electron chi connectivity index (χ1n) is 11.9. The summed E-state index contributed by atoms with van der Waals surface area (Å²) in [6.45, 7) is 6.30. The fraction of sp³-hybridized carbons (Fsp3) is 0.370. The SMILES string of the molecule is CCCCCN(C)C/C=C/C(=O)Cc1cc2c(Nc3ccc(F)c(Cl)c3)ncnc2cc1OCC. The molecule has 1 heterocycles. The van der Waals surface area contributed by atoms with E-state index in [1.807, 2.05) is 25.1 Å². The van der Waals surface area contributed by atoms with Gasteiger partial charge in [-0.05, 0) is 57.3 Å². The topological polar surface area (TPSA) is 67.4 Å². The van der Waals surface area contributed by atoms with Gasteiger partial charge in [0.15, 0.2) is 5.78 Å². The number of fused-ring (bicyclic) bond motifs is 1. The van der Waals surface area contributed by atoms with E-state index < -0.39 is 5.82 Å². The molecule has 2 aromatic carbocycles. The number of ether oxygens (including phenoxy) is 1. The minimum Gasteiger partial charge on any atom is -0.494 e. The molecule has 0 aliphatic rings. The number of ketones is 1. The minimum atomic E-state index is -0.493. The van der Waals surface area contributed by atoms with Gasteiger partial charge in [0.1, 0.15) is 23.7 Å². The molecule has 1 aromatic heterocycles. The van der Waals surface area contributed by atoms with E-state index in [4.69, 9.17) is 16.3 Å². The first-order valence-corrected chi connectivity index (χ1v) is 12.3. The third-order valence-corrected chi connectivity index (χ3v) is 5.82. The zero-order valence-electron chi connectivity index (χ0n) is 20.5. The van der Waals surface area contributed by atoms with Crippen LogP contribution in [0.5, 0.6) is 5.75 Å². The van der Waals surface area contributed by atoms with E-state index in [1.54, 1.807) is 12.1 Å². The summed E-state index contributed by atoms with van der Waals surface area (Å²) in [5.74, 6) is 0.641. The molecule has 0 radical (unpaired) electrons. The number of rotatable bonds is 13. The van der Waals surface area contributed by atoms with Crippen LogP contribution < -0.4 is 10.1 Å². The van der Waals surface area contributed by atoms with Crippen molar-refractivity contribution < 1.29 is 13.9 Å². The van der Waals surface area contributed by atoms with Crippen LogP contribution in [0.1, 0.15) is 38.7 Å². The number of carbonyl (C=O) groups is 1. The predicted molar refractivity (Wildman–Crippen MR) is 140 cm³/mol. The van der Waals surface area contributed by atoms with Crippen molar-refractivity contribution in [3.05, 3.63) is 65.2 Å². The molecule has 0 amide bonds. The normalized spacial score (nSPS) is 11.5. The van der Waals surface area contributed by atoms with Gasteiger partial charge in [0.25, 0.3) is 0 Å². The molecule has 186 valence electrons. The summed E-state index contributed by atoms with van der Waals surface area (Å²) in [6, 6.07) is 8.05. The largest absolute Gasteiger partial charge is 0.494 e. The summed E-state index contributed by atoms with van der Waals surface area (Å²) in [4.78, 5) is 23.6. The van der Waals surface area contributed by atoms with Crippen LogP contribution in [0.3, 0.4) is 0 Å².